The van der Waals surface area contributed by atoms with E-state index >= 15 is 0 Å². The summed E-state index contributed by atoms with van der Waals surface area (Å²) in [7, 11) is 0. The number of thioether (sulfide) groups is 1. The van der Waals surface area contributed by atoms with Crippen molar-refractivity contribution in [1.29, 1.82) is 0 Å². The molecule has 0 amide bonds. The van der Waals surface area contributed by atoms with Crippen molar-refractivity contribution in [1.82, 2.24) is 4.98 Å². The Morgan fingerprint density at radius 2 is 1.78 bits per heavy atom. The van der Waals surface area contributed by atoms with Gasteiger partial charge in [-0.1, -0.05) is 0 Å². The lowest BCUT2D eigenvalue weighted by Crippen LogP contribution is -2.59. The van der Waals surface area contributed by atoms with E-state index in [1.165, 1.54) is 30.9 Å². The van der Waals surface area contributed by atoms with Crippen LogP contribution in [-0.2, 0) is 23.7 Å². The van der Waals surface area contributed by atoms with E-state index in [4.69, 9.17) is 28.8 Å². The molecule has 1 fully saturated rings. The van der Waals surface area contributed by atoms with Gasteiger partial charge in [0.15, 0.2) is 11.8 Å². The van der Waals surface area contributed by atoms with E-state index in [-0.39, 0.29) is 56.8 Å². The average Bonchev–Trinajstić information content (AvgIpc) is 3.28. The van der Waals surface area contributed by atoms with Crippen LogP contribution in [0, 0.1) is 0 Å². The first-order chi connectivity index (χ1) is 17.7. The molecule has 0 radical (unpaired) electrons. The van der Waals surface area contributed by atoms with E-state index in [2.05, 4.69) is 9.98 Å². The second-order valence-corrected chi connectivity index (χ2v) is 9.43. The van der Waals surface area contributed by atoms with E-state index in [1.54, 1.807) is 0 Å². The van der Waals surface area contributed by atoms with Crippen molar-refractivity contribution in [2.75, 3.05) is 52.0 Å². The van der Waals surface area contributed by atoms with Crippen molar-refractivity contribution in [3.63, 3.8) is 0 Å². The first kappa shape index (κ1) is 29.5. The zero-order valence-corrected chi connectivity index (χ0v) is 21.0. The molecule has 14 nitrogen and oxygen atoms in total. The molecule has 1 aromatic rings. The summed E-state index contributed by atoms with van der Waals surface area (Å²) in [5.74, 6) is -0.639. The normalized spacial score (nSPS) is 29.8. The molecule has 3 rings (SSSR count). The smallest absolute Gasteiger partial charge is 0.332 e. The molecule has 6 N–H and O–H groups in total. The average molecular weight is 549 g/mol. The minimum Gasteiger partial charge on any atom is -0.505 e. The highest BCUT2D eigenvalue weighted by Crippen LogP contribution is 2.34. The maximum Gasteiger partial charge on any atom is 0.332 e. The molecule has 1 aromatic heterocycles. The van der Waals surface area contributed by atoms with Gasteiger partial charge in [-0.05, 0) is 6.92 Å². The van der Waals surface area contributed by atoms with Gasteiger partial charge in [-0.25, -0.2) is 9.78 Å². The van der Waals surface area contributed by atoms with Crippen molar-refractivity contribution in [3.8, 4) is 11.5 Å². The summed E-state index contributed by atoms with van der Waals surface area (Å²) < 4.78 is 26.8. The molecule has 2 aliphatic heterocycles. The van der Waals surface area contributed by atoms with Gasteiger partial charge in [-0.2, -0.15) is 0 Å². The number of carboxylic acid groups (broad SMARTS) is 1. The Morgan fingerprint density at radius 3 is 2.41 bits per heavy atom. The monoisotopic (exact) mass is 548 g/mol. The number of pyridine rings is 1. The number of aliphatic imine (C=N–C) groups is 1. The number of carboxylic acids is 1. The topological polar surface area (TPSA) is 210 Å². The summed E-state index contributed by atoms with van der Waals surface area (Å²) in [5.41, 5.74) is -1.05. The van der Waals surface area contributed by atoms with E-state index in [0.717, 1.165) is 0 Å². The Morgan fingerprint density at radius 1 is 1.11 bits per heavy atom. The van der Waals surface area contributed by atoms with Gasteiger partial charge < -0.3 is 54.3 Å². The van der Waals surface area contributed by atoms with E-state index < -0.39 is 48.8 Å². The number of ether oxygens (including phenoxy) is 5. The second kappa shape index (κ2) is 13.6. The van der Waals surface area contributed by atoms with E-state index in [1.807, 2.05) is 0 Å². The van der Waals surface area contributed by atoms with Crippen molar-refractivity contribution in [2.24, 2.45) is 4.99 Å². The van der Waals surface area contributed by atoms with Crippen molar-refractivity contribution in [3.05, 3.63) is 18.0 Å². The predicted octanol–water partition coefficient (Wildman–Crippen LogP) is -1.65. The molecule has 0 saturated carbocycles. The molecule has 3 unspecified atom stereocenters. The molecule has 2 aliphatic rings. The van der Waals surface area contributed by atoms with Crippen LogP contribution in [0.15, 0.2) is 17.3 Å². The Labute approximate surface area is 216 Å². The minimum absolute atomic E-state index is 0.0404. The molecule has 6 atom stereocenters. The van der Waals surface area contributed by atoms with Crippen LogP contribution in [-0.4, -0.2) is 135 Å². The number of rotatable bonds is 14. The van der Waals surface area contributed by atoms with E-state index in [0.29, 0.717) is 10.8 Å². The molecule has 0 aliphatic carbocycles. The Kier molecular flexibility index (Phi) is 10.9. The highest BCUT2D eigenvalue weighted by molar-refractivity contribution is 8.14. The van der Waals surface area contributed by atoms with Gasteiger partial charge in [0.1, 0.15) is 53.3 Å². The summed E-state index contributed by atoms with van der Waals surface area (Å²) in [6.45, 7) is 2.12. The van der Waals surface area contributed by atoms with Crippen LogP contribution in [0.3, 0.4) is 0 Å². The number of carbonyl (C=O) groups is 1. The fourth-order valence-corrected chi connectivity index (χ4v) is 4.54. The van der Waals surface area contributed by atoms with Crippen LogP contribution in [0.4, 0.5) is 0 Å². The number of aliphatic hydroxyl groups excluding tert-OH is 4. The fourth-order valence-electron chi connectivity index (χ4n) is 3.38. The number of hydrogen-bond donors (Lipinski definition) is 6. The summed E-state index contributed by atoms with van der Waals surface area (Å²) >= 11 is 1.21. The lowest BCUT2D eigenvalue weighted by atomic mass is 9.99. The van der Waals surface area contributed by atoms with Crippen molar-refractivity contribution < 1.29 is 59.1 Å². The lowest BCUT2D eigenvalue weighted by molar-refractivity contribution is -0.302. The zero-order valence-electron chi connectivity index (χ0n) is 20.1. The Hall–Kier alpha value is -2.08. The molecule has 37 heavy (non-hydrogen) atoms. The van der Waals surface area contributed by atoms with E-state index in [9.17, 15) is 30.3 Å². The molecular formula is C22H32N2O12S. The number of aromatic nitrogens is 1. The zero-order chi connectivity index (χ0) is 27.0. The number of aliphatic carboxylic acids is 1. The Balaban J connectivity index is 1.26. The van der Waals surface area contributed by atoms with Gasteiger partial charge in [0.05, 0.1) is 45.8 Å². The largest absolute Gasteiger partial charge is 0.505 e. The van der Waals surface area contributed by atoms with Crippen molar-refractivity contribution in [2.45, 2.75) is 43.2 Å². The fraction of sp³-hybridized carbons (Fsp3) is 0.682. The standard InChI is InChI=1S/C22H32N2O12S/c1-22(21(30)31)11-37-19(24-22)15-13(26)8-12(9-23-15)34-6-4-32-2-3-33-5-7-35-20-18(29)17(28)16(27)14(10-25)36-20/h8-9,14,16-18,20,25-29H,2-7,10-11H2,1H3,(H,30,31)/t14?,16-,17?,18?,20-,22+/m0/s1. The lowest BCUT2D eigenvalue weighted by Gasteiger charge is -2.39. The second-order valence-electron chi connectivity index (χ2n) is 8.46. The third-order valence-electron chi connectivity index (χ3n) is 5.57. The van der Waals surface area contributed by atoms with Crippen LogP contribution in [0.25, 0.3) is 0 Å². The number of aromatic hydroxyl groups is 1. The maximum atomic E-state index is 11.3. The quantitative estimate of drug-likeness (QED) is 0.144. The highest BCUT2D eigenvalue weighted by Gasteiger charge is 2.44. The van der Waals surface area contributed by atoms with Gasteiger partial charge in [-0.15, -0.1) is 11.8 Å². The van der Waals surface area contributed by atoms with Crippen LogP contribution < -0.4 is 4.74 Å². The molecule has 0 spiro atoms. The molecule has 0 bridgehead atoms. The molecule has 0 aromatic carbocycles. The highest BCUT2D eigenvalue weighted by atomic mass is 32.2. The third kappa shape index (κ3) is 7.72. The predicted molar refractivity (Wildman–Crippen MR) is 128 cm³/mol. The van der Waals surface area contributed by atoms with Crippen LogP contribution >= 0.6 is 11.8 Å². The first-order valence-corrected chi connectivity index (χ1v) is 12.5. The number of aliphatic hydroxyl groups is 4. The van der Waals surface area contributed by atoms with Gasteiger partial charge in [0, 0.05) is 11.8 Å². The molecule has 3 heterocycles. The van der Waals surface area contributed by atoms with Gasteiger partial charge in [0.2, 0.25) is 0 Å². The first-order valence-electron chi connectivity index (χ1n) is 11.5. The summed E-state index contributed by atoms with van der Waals surface area (Å²) in [5, 5.41) is 58.4. The molecule has 15 heteroatoms. The number of hydrogen-bond acceptors (Lipinski definition) is 14. The SMILES string of the molecule is C[C@]1(C(=O)O)CSC(c2ncc(OCCOCCOCCO[C@H]3OC(CO)[C@H](O)C(O)C3O)cc2O)=N1. The number of nitrogens with zero attached hydrogens (tertiary/aromatic N) is 2. The van der Waals surface area contributed by atoms with Crippen LogP contribution in [0.5, 0.6) is 11.5 Å². The summed E-state index contributed by atoms with van der Waals surface area (Å²) in [6, 6.07) is 1.38. The molecule has 208 valence electrons. The Bertz CT molecular complexity index is 935. The molecule has 1 saturated heterocycles. The third-order valence-corrected chi connectivity index (χ3v) is 6.84. The summed E-state index contributed by atoms with van der Waals surface area (Å²) in [6.07, 6.45) is -5.23. The van der Waals surface area contributed by atoms with Crippen molar-refractivity contribution >= 4 is 22.8 Å². The van der Waals surface area contributed by atoms with Gasteiger partial charge in [0.25, 0.3) is 0 Å². The molecular weight excluding hydrogens is 516 g/mol. The van der Waals surface area contributed by atoms with Gasteiger partial charge >= 0.3 is 5.97 Å². The van der Waals surface area contributed by atoms with Gasteiger partial charge in [-0.3, -0.25) is 4.99 Å². The summed E-state index contributed by atoms with van der Waals surface area (Å²) in [4.78, 5) is 19.6. The minimum atomic E-state index is -1.50. The maximum absolute atomic E-state index is 11.3. The van der Waals surface area contributed by atoms with Crippen LogP contribution in [0.1, 0.15) is 12.6 Å². The van der Waals surface area contributed by atoms with Crippen LogP contribution in [0.2, 0.25) is 0 Å².